The Morgan fingerprint density at radius 2 is 1.62 bits per heavy atom. The molecule has 0 radical (unpaired) electrons. The highest BCUT2D eigenvalue weighted by Crippen LogP contribution is 2.30. The third-order valence-electron chi connectivity index (χ3n) is 4.80. The standard InChI is InChI=1S/C20H17N7OS/c28-19(26-10-12-27(13-11-26)20-23-6-3-7-24-20)17-16(21-8-9-22-17)18-25-14-4-1-2-5-15(14)29-18/h1-9H,10-13H2. The minimum absolute atomic E-state index is 0.124. The van der Waals surface area contributed by atoms with Crippen LogP contribution in [0.2, 0.25) is 0 Å². The summed E-state index contributed by atoms with van der Waals surface area (Å²) in [5, 5.41) is 0.707. The number of hydrogen-bond donors (Lipinski definition) is 0. The third kappa shape index (κ3) is 3.40. The van der Waals surface area contributed by atoms with Gasteiger partial charge in [-0.15, -0.1) is 11.3 Å². The molecule has 5 rings (SSSR count). The number of fused-ring (bicyclic) bond motifs is 1. The molecular weight excluding hydrogens is 386 g/mol. The number of amides is 1. The van der Waals surface area contributed by atoms with Crippen molar-refractivity contribution in [1.82, 2.24) is 29.8 Å². The molecular formula is C20H17N7OS. The first-order valence-corrected chi connectivity index (χ1v) is 10.1. The number of rotatable bonds is 3. The number of anilines is 1. The van der Waals surface area contributed by atoms with Gasteiger partial charge in [0.25, 0.3) is 5.91 Å². The highest BCUT2D eigenvalue weighted by Gasteiger charge is 2.27. The van der Waals surface area contributed by atoms with Gasteiger partial charge in [0.05, 0.1) is 10.2 Å². The first kappa shape index (κ1) is 17.6. The minimum atomic E-state index is -0.124. The maximum atomic E-state index is 13.2. The summed E-state index contributed by atoms with van der Waals surface area (Å²) in [5.74, 6) is 0.565. The van der Waals surface area contributed by atoms with Gasteiger partial charge >= 0.3 is 0 Å². The Kier molecular flexibility index (Phi) is 4.57. The van der Waals surface area contributed by atoms with Crippen molar-refractivity contribution in [2.75, 3.05) is 31.1 Å². The van der Waals surface area contributed by atoms with Crippen molar-refractivity contribution < 1.29 is 4.79 Å². The van der Waals surface area contributed by atoms with Crippen molar-refractivity contribution in [2.45, 2.75) is 0 Å². The summed E-state index contributed by atoms with van der Waals surface area (Å²) in [6.07, 6.45) is 6.61. The minimum Gasteiger partial charge on any atom is -0.337 e. The first-order valence-electron chi connectivity index (χ1n) is 9.28. The number of thiazole rings is 1. The molecule has 8 nitrogen and oxygen atoms in total. The number of hydrogen-bond acceptors (Lipinski definition) is 8. The van der Waals surface area contributed by atoms with Crippen LogP contribution < -0.4 is 4.90 Å². The van der Waals surface area contributed by atoms with E-state index < -0.39 is 0 Å². The van der Waals surface area contributed by atoms with E-state index in [2.05, 4.69) is 29.8 Å². The van der Waals surface area contributed by atoms with Gasteiger partial charge in [0, 0.05) is 51.0 Å². The smallest absolute Gasteiger partial charge is 0.274 e. The number of piperazine rings is 1. The van der Waals surface area contributed by atoms with Gasteiger partial charge in [0.15, 0.2) is 5.69 Å². The summed E-state index contributed by atoms with van der Waals surface area (Å²) in [6.45, 7) is 2.50. The summed E-state index contributed by atoms with van der Waals surface area (Å²) < 4.78 is 1.06. The molecule has 0 saturated carbocycles. The van der Waals surface area contributed by atoms with Crippen LogP contribution in [-0.4, -0.2) is 61.9 Å². The molecule has 144 valence electrons. The number of aromatic nitrogens is 5. The van der Waals surface area contributed by atoms with Crippen molar-refractivity contribution in [3.8, 4) is 10.7 Å². The van der Waals surface area contributed by atoms with Crippen LogP contribution in [0.15, 0.2) is 55.1 Å². The van der Waals surface area contributed by atoms with Crippen molar-refractivity contribution in [3.63, 3.8) is 0 Å². The van der Waals surface area contributed by atoms with Gasteiger partial charge in [0.2, 0.25) is 5.95 Å². The molecule has 4 heterocycles. The number of nitrogens with zero attached hydrogens (tertiary/aromatic N) is 7. The average molecular weight is 403 g/mol. The normalized spacial score (nSPS) is 14.3. The second-order valence-electron chi connectivity index (χ2n) is 6.57. The zero-order valence-corrected chi connectivity index (χ0v) is 16.3. The molecule has 1 aliphatic rings. The molecule has 1 saturated heterocycles. The Morgan fingerprint density at radius 1 is 0.862 bits per heavy atom. The topological polar surface area (TPSA) is 88.0 Å². The lowest BCUT2D eigenvalue weighted by Crippen LogP contribution is -2.49. The van der Waals surface area contributed by atoms with Crippen LogP contribution in [0.4, 0.5) is 5.95 Å². The zero-order valence-electron chi connectivity index (χ0n) is 15.5. The van der Waals surface area contributed by atoms with E-state index in [1.165, 1.54) is 11.3 Å². The van der Waals surface area contributed by atoms with E-state index in [9.17, 15) is 4.79 Å². The molecule has 3 aromatic heterocycles. The fourth-order valence-electron chi connectivity index (χ4n) is 3.34. The largest absolute Gasteiger partial charge is 0.337 e. The van der Waals surface area contributed by atoms with Gasteiger partial charge in [0.1, 0.15) is 10.7 Å². The van der Waals surface area contributed by atoms with Gasteiger partial charge in [-0.3, -0.25) is 4.79 Å². The molecule has 0 unspecified atom stereocenters. The summed E-state index contributed by atoms with van der Waals surface area (Å²) in [4.78, 5) is 39.1. The Bertz CT molecular complexity index is 1120. The second-order valence-corrected chi connectivity index (χ2v) is 7.60. The van der Waals surface area contributed by atoms with Gasteiger partial charge < -0.3 is 9.80 Å². The predicted octanol–water partition coefficient (Wildman–Crippen LogP) is 2.51. The number of carbonyl (C=O) groups is 1. The Labute approximate surface area is 170 Å². The van der Waals surface area contributed by atoms with Crippen molar-refractivity contribution >= 4 is 33.4 Å². The molecule has 0 aliphatic carbocycles. The van der Waals surface area contributed by atoms with E-state index in [0.717, 1.165) is 10.2 Å². The lowest BCUT2D eigenvalue weighted by atomic mass is 10.2. The molecule has 0 atom stereocenters. The van der Waals surface area contributed by atoms with Crippen LogP contribution >= 0.6 is 11.3 Å². The summed E-state index contributed by atoms with van der Waals surface area (Å²) in [5.41, 5.74) is 1.77. The monoisotopic (exact) mass is 403 g/mol. The van der Waals surface area contributed by atoms with Crippen molar-refractivity contribution in [2.24, 2.45) is 0 Å². The van der Waals surface area contributed by atoms with E-state index in [4.69, 9.17) is 0 Å². The number of para-hydroxylation sites is 1. The fourth-order valence-corrected chi connectivity index (χ4v) is 4.30. The van der Waals surface area contributed by atoms with Gasteiger partial charge in [-0.1, -0.05) is 12.1 Å². The van der Waals surface area contributed by atoms with E-state index in [1.54, 1.807) is 35.8 Å². The molecule has 0 spiro atoms. The summed E-state index contributed by atoms with van der Waals surface area (Å²) in [6, 6.07) is 9.69. The third-order valence-corrected chi connectivity index (χ3v) is 5.84. The SMILES string of the molecule is O=C(c1nccnc1-c1nc2ccccc2s1)N1CCN(c2ncccn2)CC1. The van der Waals surface area contributed by atoms with Crippen molar-refractivity contribution in [3.05, 3.63) is 60.8 Å². The van der Waals surface area contributed by atoms with Crippen molar-refractivity contribution in [1.29, 1.82) is 0 Å². The first-order chi connectivity index (χ1) is 14.3. The van der Waals surface area contributed by atoms with Crippen LogP contribution in [0.25, 0.3) is 20.9 Å². The lowest BCUT2D eigenvalue weighted by Gasteiger charge is -2.34. The van der Waals surface area contributed by atoms with Crippen LogP contribution in [0.3, 0.4) is 0 Å². The summed E-state index contributed by atoms with van der Waals surface area (Å²) in [7, 11) is 0. The number of benzene rings is 1. The molecule has 4 aromatic rings. The summed E-state index contributed by atoms with van der Waals surface area (Å²) >= 11 is 1.52. The van der Waals surface area contributed by atoms with Gasteiger partial charge in [-0.2, -0.15) is 0 Å². The quantitative estimate of drug-likeness (QED) is 0.519. The number of carbonyl (C=O) groups excluding carboxylic acids is 1. The molecule has 1 aromatic carbocycles. The highest BCUT2D eigenvalue weighted by atomic mass is 32.1. The van der Waals surface area contributed by atoms with Crippen LogP contribution in [-0.2, 0) is 0 Å². The average Bonchev–Trinajstić information content (AvgIpc) is 3.23. The molecule has 0 N–H and O–H groups in total. The highest BCUT2D eigenvalue weighted by molar-refractivity contribution is 7.21. The molecule has 9 heteroatoms. The van der Waals surface area contributed by atoms with Crippen LogP contribution in [0.1, 0.15) is 10.5 Å². The molecule has 1 aliphatic heterocycles. The van der Waals surface area contributed by atoms with Gasteiger partial charge in [-0.25, -0.2) is 24.9 Å². The second kappa shape index (κ2) is 7.51. The van der Waals surface area contributed by atoms with E-state index in [1.807, 2.05) is 24.3 Å². The van der Waals surface area contributed by atoms with E-state index in [0.29, 0.717) is 48.5 Å². The maximum Gasteiger partial charge on any atom is 0.274 e. The molecule has 29 heavy (non-hydrogen) atoms. The lowest BCUT2D eigenvalue weighted by molar-refractivity contribution is 0.0740. The fraction of sp³-hybridized carbons (Fsp3) is 0.200. The maximum absolute atomic E-state index is 13.2. The van der Waals surface area contributed by atoms with E-state index in [-0.39, 0.29) is 5.91 Å². The van der Waals surface area contributed by atoms with Crippen LogP contribution in [0.5, 0.6) is 0 Å². The molecule has 1 amide bonds. The predicted molar refractivity (Wildman–Crippen MR) is 111 cm³/mol. The Balaban J connectivity index is 1.38. The van der Waals surface area contributed by atoms with Gasteiger partial charge in [-0.05, 0) is 18.2 Å². The zero-order chi connectivity index (χ0) is 19.6. The molecule has 0 bridgehead atoms. The Morgan fingerprint density at radius 3 is 2.41 bits per heavy atom. The van der Waals surface area contributed by atoms with Crippen LogP contribution in [0, 0.1) is 0 Å². The van der Waals surface area contributed by atoms with E-state index >= 15 is 0 Å². The Hall–Kier alpha value is -3.46. The molecule has 1 fully saturated rings.